The Morgan fingerprint density at radius 2 is 1.61 bits per heavy atom. The van der Waals surface area contributed by atoms with E-state index in [1.54, 1.807) is 24.5 Å². The van der Waals surface area contributed by atoms with Gasteiger partial charge < -0.3 is 19.1 Å². The van der Waals surface area contributed by atoms with E-state index in [0.29, 0.717) is 5.69 Å². The van der Waals surface area contributed by atoms with Gasteiger partial charge in [0, 0.05) is 56.7 Å². The smallest absolute Gasteiger partial charge is 0.355 e. The highest BCUT2D eigenvalue weighted by Crippen LogP contribution is 2.44. The SMILES string of the molecule is CCN1CCN(c2c(-c3ccncc3)c(-c3ccc(F)cc3)c(C(=O)OC)n2C)CC1. The van der Waals surface area contributed by atoms with Crippen LogP contribution in [-0.4, -0.2) is 60.3 Å². The highest BCUT2D eigenvalue weighted by Gasteiger charge is 2.31. The fourth-order valence-corrected chi connectivity index (χ4v) is 4.34. The number of esters is 1. The summed E-state index contributed by atoms with van der Waals surface area (Å²) in [5.74, 6) is 0.220. The standard InChI is InChI=1S/C24H27FN4O2/c1-4-28-13-15-29(16-14-28)23-21(18-9-11-26-12-10-18)20(17-5-7-19(25)8-6-17)22(27(23)2)24(30)31-3/h5-12H,4,13-16H2,1-3H3. The minimum absolute atomic E-state index is 0.319. The first-order valence-electron chi connectivity index (χ1n) is 10.5. The first-order valence-corrected chi connectivity index (χ1v) is 10.5. The van der Waals surface area contributed by atoms with Crippen LogP contribution in [0.5, 0.6) is 0 Å². The van der Waals surface area contributed by atoms with E-state index in [4.69, 9.17) is 4.74 Å². The monoisotopic (exact) mass is 422 g/mol. The molecule has 0 saturated carbocycles. The second-order valence-corrected chi connectivity index (χ2v) is 7.64. The third kappa shape index (κ3) is 3.93. The number of piperazine rings is 1. The molecule has 4 rings (SSSR count). The Hall–Kier alpha value is -3.19. The van der Waals surface area contributed by atoms with Crippen molar-refractivity contribution in [2.45, 2.75) is 6.92 Å². The van der Waals surface area contributed by atoms with Crippen LogP contribution < -0.4 is 4.90 Å². The number of carbonyl (C=O) groups is 1. The van der Waals surface area contributed by atoms with Gasteiger partial charge in [-0.05, 0) is 41.9 Å². The van der Waals surface area contributed by atoms with E-state index in [0.717, 1.165) is 60.8 Å². The highest BCUT2D eigenvalue weighted by atomic mass is 19.1. The second kappa shape index (κ2) is 8.89. The number of aromatic nitrogens is 2. The zero-order chi connectivity index (χ0) is 22.0. The van der Waals surface area contributed by atoms with Crippen LogP contribution in [0, 0.1) is 5.82 Å². The number of hydrogen-bond acceptors (Lipinski definition) is 5. The molecule has 3 aromatic rings. The molecule has 31 heavy (non-hydrogen) atoms. The van der Waals surface area contributed by atoms with E-state index in [-0.39, 0.29) is 5.82 Å². The lowest BCUT2D eigenvalue weighted by Gasteiger charge is -2.36. The molecule has 3 heterocycles. The van der Waals surface area contributed by atoms with Gasteiger partial charge in [0.25, 0.3) is 0 Å². The maximum atomic E-state index is 13.7. The summed E-state index contributed by atoms with van der Waals surface area (Å²) in [6, 6.07) is 10.1. The lowest BCUT2D eigenvalue weighted by Crippen LogP contribution is -2.47. The molecule has 0 amide bonds. The highest BCUT2D eigenvalue weighted by molar-refractivity contribution is 6.05. The number of anilines is 1. The number of carbonyl (C=O) groups excluding carboxylic acids is 1. The summed E-state index contributed by atoms with van der Waals surface area (Å²) >= 11 is 0. The van der Waals surface area contributed by atoms with Gasteiger partial charge in [-0.1, -0.05) is 19.1 Å². The average molecular weight is 423 g/mol. The molecule has 7 heteroatoms. The van der Waals surface area contributed by atoms with Crippen LogP contribution in [0.4, 0.5) is 10.2 Å². The predicted molar refractivity (Wildman–Crippen MR) is 120 cm³/mol. The van der Waals surface area contributed by atoms with Crippen LogP contribution in [0.3, 0.4) is 0 Å². The number of rotatable bonds is 5. The van der Waals surface area contributed by atoms with Crippen LogP contribution in [-0.2, 0) is 11.8 Å². The molecule has 1 aliphatic heterocycles. The fourth-order valence-electron chi connectivity index (χ4n) is 4.34. The molecular formula is C24H27FN4O2. The lowest BCUT2D eigenvalue weighted by atomic mass is 9.96. The van der Waals surface area contributed by atoms with Gasteiger partial charge in [-0.2, -0.15) is 0 Å². The molecule has 0 atom stereocenters. The Morgan fingerprint density at radius 1 is 1.00 bits per heavy atom. The number of benzene rings is 1. The quantitative estimate of drug-likeness (QED) is 0.585. The number of ether oxygens (including phenoxy) is 1. The minimum atomic E-state index is -0.421. The van der Waals surface area contributed by atoms with Crippen LogP contribution in [0.25, 0.3) is 22.3 Å². The molecule has 2 aromatic heterocycles. The van der Waals surface area contributed by atoms with Gasteiger partial charge in [0.05, 0.1) is 7.11 Å². The van der Waals surface area contributed by atoms with Gasteiger partial charge in [-0.15, -0.1) is 0 Å². The third-order valence-electron chi connectivity index (χ3n) is 5.96. The Bertz CT molecular complexity index is 1060. The molecule has 0 radical (unpaired) electrons. The molecule has 0 unspecified atom stereocenters. The molecule has 6 nitrogen and oxygen atoms in total. The third-order valence-corrected chi connectivity index (χ3v) is 5.96. The Kier molecular flexibility index (Phi) is 6.04. The van der Waals surface area contributed by atoms with E-state index in [1.807, 2.05) is 23.7 Å². The molecule has 162 valence electrons. The second-order valence-electron chi connectivity index (χ2n) is 7.64. The van der Waals surface area contributed by atoms with Gasteiger partial charge in [-0.25, -0.2) is 9.18 Å². The van der Waals surface area contributed by atoms with Crippen LogP contribution in [0.2, 0.25) is 0 Å². The van der Waals surface area contributed by atoms with E-state index in [9.17, 15) is 9.18 Å². The molecule has 0 N–H and O–H groups in total. The first-order chi connectivity index (χ1) is 15.0. The number of halogens is 1. The van der Waals surface area contributed by atoms with Crippen molar-refractivity contribution in [1.29, 1.82) is 0 Å². The van der Waals surface area contributed by atoms with Crippen molar-refractivity contribution in [2.24, 2.45) is 7.05 Å². The van der Waals surface area contributed by atoms with E-state index in [1.165, 1.54) is 19.2 Å². The summed E-state index contributed by atoms with van der Waals surface area (Å²) in [4.78, 5) is 21.8. The average Bonchev–Trinajstić information content (AvgIpc) is 3.12. The summed E-state index contributed by atoms with van der Waals surface area (Å²) < 4.78 is 20.8. The van der Waals surface area contributed by atoms with Crippen molar-refractivity contribution < 1.29 is 13.9 Å². The maximum Gasteiger partial charge on any atom is 0.355 e. The number of hydrogen-bond donors (Lipinski definition) is 0. The zero-order valence-electron chi connectivity index (χ0n) is 18.1. The van der Waals surface area contributed by atoms with Crippen molar-refractivity contribution in [3.05, 3.63) is 60.3 Å². The van der Waals surface area contributed by atoms with Gasteiger partial charge in [0.2, 0.25) is 0 Å². The molecule has 1 fully saturated rings. The summed E-state index contributed by atoms with van der Waals surface area (Å²) in [5, 5.41) is 0. The van der Waals surface area contributed by atoms with Crippen molar-refractivity contribution in [1.82, 2.24) is 14.5 Å². The van der Waals surface area contributed by atoms with Gasteiger partial charge in [0.1, 0.15) is 17.3 Å². The maximum absolute atomic E-state index is 13.7. The fraction of sp³-hybridized carbons (Fsp3) is 0.333. The predicted octanol–water partition coefficient (Wildman–Crippen LogP) is 3.82. The normalized spacial score (nSPS) is 14.6. The van der Waals surface area contributed by atoms with Crippen LogP contribution in [0.15, 0.2) is 48.8 Å². The molecule has 0 bridgehead atoms. The number of methoxy groups -OCH3 is 1. The number of likely N-dealkylation sites (N-methyl/N-ethyl adjacent to an activating group) is 1. The number of nitrogens with zero attached hydrogens (tertiary/aromatic N) is 4. The van der Waals surface area contributed by atoms with Crippen molar-refractivity contribution in [3.8, 4) is 22.3 Å². The summed E-state index contributed by atoms with van der Waals surface area (Å²) in [6.45, 7) is 6.81. The lowest BCUT2D eigenvalue weighted by molar-refractivity contribution is 0.0591. The molecule has 1 aliphatic rings. The molecule has 1 saturated heterocycles. The minimum Gasteiger partial charge on any atom is -0.464 e. The van der Waals surface area contributed by atoms with Crippen LogP contribution >= 0.6 is 0 Å². The Morgan fingerprint density at radius 3 is 2.19 bits per heavy atom. The number of pyridine rings is 1. The summed E-state index contributed by atoms with van der Waals surface area (Å²) in [6.07, 6.45) is 3.49. The Labute approximate surface area is 181 Å². The first kappa shape index (κ1) is 21.1. The van der Waals surface area contributed by atoms with Gasteiger partial charge in [0.15, 0.2) is 0 Å². The topological polar surface area (TPSA) is 50.6 Å². The molecule has 0 aliphatic carbocycles. The molecule has 0 spiro atoms. The summed E-state index contributed by atoms with van der Waals surface area (Å²) in [7, 11) is 3.28. The van der Waals surface area contributed by atoms with Crippen LogP contribution in [0.1, 0.15) is 17.4 Å². The van der Waals surface area contributed by atoms with Gasteiger partial charge in [-0.3, -0.25) is 4.98 Å². The van der Waals surface area contributed by atoms with E-state index < -0.39 is 5.97 Å². The largest absolute Gasteiger partial charge is 0.464 e. The molecule has 1 aromatic carbocycles. The van der Waals surface area contributed by atoms with Crippen molar-refractivity contribution in [3.63, 3.8) is 0 Å². The van der Waals surface area contributed by atoms with E-state index >= 15 is 0 Å². The molecular weight excluding hydrogens is 395 g/mol. The van der Waals surface area contributed by atoms with Gasteiger partial charge >= 0.3 is 5.97 Å². The van der Waals surface area contributed by atoms with Crippen molar-refractivity contribution >= 4 is 11.8 Å². The summed E-state index contributed by atoms with van der Waals surface area (Å²) in [5.41, 5.74) is 3.85. The van der Waals surface area contributed by atoms with E-state index in [2.05, 4.69) is 21.7 Å². The Balaban J connectivity index is 1.98. The van der Waals surface area contributed by atoms with Crippen molar-refractivity contribution in [2.75, 3.05) is 44.7 Å². The zero-order valence-corrected chi connectivity index (χ0v) is 18.1.